The summed E-state index contributed by atoms with van der Waals surface area (Å²) in [5.41, 5.74) is 7.99. The molecule has 0 aliphatic carbocycles. The molecule has 3 N–H and O–H groups in total. The van der Waals surface area contributed by atoms with Gasteiger partial charge in [-0.2, -0.15) is 4.98 Å². The maximum absolute atomic E-state index is 7.64. The lowest BCUT2D eigenvalue weighted by molar-refractivity contribution is 0.257. The first-order chi connectivity index (χ1) is 14.2. The quantitative estimate of drug-likeness (QED) is 0.292. The van der Waals surface area contributed by atoms with E-state index in [-0.39, 0.29) is 24.3 Å². The first-order valence-corrected chi connectivity index (χ1v) is 11.2. The van der Waals surface area contributed by atoms with Crippen LogP contribution in [0.4, 0.5) is 0 Å². The van der Waals surface area contributed by atoms with Crippen LogP contribution in [0.5, 0.6) is 0 Å². The third kappa shape index (κ3) is 7.01. The molecule has 1 aromatic heterocycles. The van der Waals surface area contributed by atoms with Crippen molar-refractivity contribution >= 4 is 18.4 Å². The predicted octanol–water partition coefficient (Wildman–Crippen LogP) is 5.52. The second kappa shape index (κ2) is 12.6. The van der Waals surface area contributed by atoms with E-state index >= 15 is 0 Å². The summed E-state index contributed by atoms with van der Waals surface area (Å²) in [6, 6.07) is 8.54. The second-order valence-corrected chi connectivity index (χ2v) is 8.19. The van der Waals surface area contributed by atoms with Crippen LogP contribution < -0.4 is 5.73 Å². The van der Waals surface area contributed by atoms with Crippen LogP contribution >= 0.6 is 12.4 Å². The molecule has 3 rings (SSSR count). The SMILES string of the molecule is CCCCCCCCCc1ccc(-c2noc([C@@H]3CCCN(C(=N)N)C3)n2)cc1.Cl. The summed E-state index contributed by atoms with van der Waals surface area (Å²) in [7, 11) is 0. The number of unbranched alkanes of at least 4 members (excludes halogenated alkanes) is 6. The van der Waals surface area contributed by atoms with Gasteiger partial charge in [0.25, 0.3) is 0 Å². The zero-order valence-corrected chi connectivity index (χ0v) is 18.9. The van der Waals surface area contributed by atoms with Crippen molar-refractivity contribution < 1.29 is 4.52 Å². The highest BCUT2D eigenvalue weighted by atomic mass is 35.5. The molecule has 0 radical (unpaired) electrons. The van der Waals surface area contributed by atoms with Gasteiger partial charge < -0.3 is 15.2 Å². The summed E-state index contributed by atoms with van der Waals surface area (Å²) < 4.78 is 5.54. The number of nitrogens with two attached hydrogens (primary N) is 1. The molecule has 7 heteroatoms. The lowest BCUT2D eigenvalue weighted by Gasteiger charge is -2.30. The number of rotatable bonds is 10. The van der Waals surface area contributed by atoms with Crippen molar-refractivity contribution in [1.29, 1.82) is 5.41 Å². The van der Waals surface area contributed by atoms with Gasteiger partial charge in [0.1, 0.15) is 0 Å². The molecule has 2 aromatic rings. The van der Waals surface area contributed by atoms with Gasteiger partial charge in [-0.15, -0.1) is 12.4 Å². The van der Waals surface area contributed by atoms with Gasteiger partial charge in [0.15, 0.2) is 5.96 Å². The molecule has 1 saturated heterocycles. The van der Waals surface area contributed by atoms with Gasteiger partial charge in [-0.3, -0.25) is 5.41 Å². The minimum Gasteiger partial charge on any atom is -0.370 e. The van der Waals surface area contributed by atoms with E-state index in [1.54, 1.807) is 0 Å². The first-order valence-electron chi connectivity index (χ1n) is 11.2. The number of nitrogens with one attached hydrogen (secondary N) is 1. The third-order valence-electron chi connectivity index (χ3n) is 5.83. The molecule has 0 saturated carbocycles. The molecule has 1 aliphatic heterocycles. The van der Waals surface area contributed by atoms with E-state index in [1.807, 2.05) is 4.90 Å². The number of aryl methyl sites for hydroxylation is 1. The number of likely N-dealkylation sites (tertiary alicyclic amines) is 1. The summed E-state index contributed by atoms with van der Waals surface area (Å²) in [6.45, 7) is 3.76. The second-order valence-electron chi connectivity index (χ2n) is 8.19. The Kier molecular flexibility index (Phi) is 10.1. The maximum atomic E-state index is 7.64. The van der Waals surface area contributed by atoms with Crippen LogP contribution in [-0.4, -0.2) is 34.1 Å². The molecule has 30 heavy (non-hydrogen) atoms. The van der Waals surface area contributed by atoms with Gasteiger partial charge in [-0.1, -0.05) is 74.9 Å². The normalized spacial score (nSPS) is 16.3. The van der Waals surface area contributed by atoms with Crippen LogP contribution in [0.25, 0.3) is 11.4 Å². The van der Waals surface area contributed by atoms with E-state index in [4.69, 9.17) is 15.7 Å². The molecule has 1 fully saturated rings. The number of hydrogen-bond donors (Lipinski definition) is 2. The Morgan fingerprint density at radius 2 is 1.83 bits per heavy atom. The van der Waals surface area contributed by atoms with Crippen molar-refractivity contribution in [2.45, 2.75) is 77.0 Å². The zero-order chi connectivity index (χ0) is 20.5. The Balaban J connectivity index is 0.00000320. The highest BCUT2D eigenvalue weighted by Crippen LogP contribution is 2.27. The molecule has 1 atom stereocenters. The van der Waals surface area contributed by atoms with Crippen molar-refractivity contribution in [3.63, 3.8) is 0 Å². The molecule has 6 nitrogen and oxygen atoms in total. The van der Waals surface area contributed by atoms with Crippen molar-refractivity contribution in [3.8, 4) is 11.4 Å². The van der Waals surface area contributed by atoms with Crippen LogP contribution in [0.3, 0.4) is 0 Å². The summed E-state index contributed by atoms with van der Waals surface area (Å²) in [5.74, 6) is 1.55. The topological polar surface area (TPSA) is 92.0 Å². The van der Waals surface area contributed by atoms with Crippen LogP contribution in [-0.2, 0) is 6.42 Å². The van der Waals surface area contributed by atoms with E-state index in [9.17, 15) is 0 Å². The van der Waals surface area contributed by atoms with Crippen molar-refractivity contribution in [2.75, 3.05) is 13.1 Å². The lowest BCUT2D eigenvalue weighted by Crippen LogP contribution is -2.42. The number of piperidine rings is 1. The fourth-order valence-electron chi connectivity index (χ4n) is 4.02. The lowest BCUT2D eigenvalue weighted by atomic mass is 9.98. The number of halogens is 1. The van der Waals surface area contributed by atoms with E-state index < -0.39 is 0 Å². The highest BCUT2D eigenvalue weighted by molar-refractivity contribution is 5.85. The minimum absolute atomic E-state index is 0. The molecule has 0 unspecified atom stereocenters. The summed E-state index contributed by atoms with van der Waals surface area (Å²) in [5, 5.41) is 11.8. The van der Waals surface area contributed by atoms with Gasteiger partial charge in [0.2, 0.25) is 11.7 Å². The van der Waals surface area contributed by atoms with Crippen molar-refractivity contribution in [3.05, 3.63) is 35.7 Å². The summed E-state index contributed by atoms with van der Waals surface area (Å²) in [6.07, 6.45) is 12.5. The smallest absolute Gasteiger partial charge is 0.231 e. The monoisotopic (exact) mass is 433 g/mol. The molecular formula is C23H36ClN5O. The van der Waals surface area contributed by atoms with E-state index in [1.165, 1.54) is 50.5 Å². The van der Waals surface area contributed by atoms with Gasteiger partial charge in [0, 0.05) is 18.7 Å². The first kappa shape index (κ1) is 24.2. The molecule has 0 spiro atoms. The molecular weight excluding hydrogens is 398 g/mol. The molecule has 1 aliphatic rings. The number of aromatic nitrogens is 2. The number of hydrogen-bond acceptors (Lipinski definition) is 4. The largest absolute Gasteiger partial charge is 0.370 e. The summed E-state index contributed by atoms with van der Waals surface area (Å²) in [4.78, 5) is 6.49. The average molecular weight is 434 g/mol. The number of guanidine groups is 1. The van der Waals surface area contributed by atoms with Crippen LogP contribution in [0.1, 0.15) is 82.1 Å². The Morgan fingerprint density at radius 3 is 2.53 bits per heavy atom. The predicted molar refractivity (Wildman–Crippen MR) is 124 cm³/mol. The van der Waals surface area contributed by atoms with E-state index in [0.717, 1.165) is 31.4 Å². The Labute approximate surface area is 186 Å². The van der Waals surface area contributed by atoms with E-state index in [2.05, 4.69) is 41.3 Å². The van der Waals surface area contributed by atoms with Gasteiger partial charge in [-0.05, 0) is 31.2 Å². The van der Waals surface area contributed by atoms with Crippen molar-refractivity contribution in [2.24, 2.45) is 5.73 Å². The molecule has 2 heterocycles. The fraction of sp³-hybridized carbons (Fsp3) is 0.609. The van der Waals surface area contributed by atoms with Gasteiger partial charge in [-0.25, -0.2) is 0 Å². The fourth-order valence-corrected chi connectivity index (χ4v) is 4.02. The Bertz CT molecular complexity index is 761. The Morgan fingerprint density at radius 1 is 1.13 bits per heavy atom. The zero-order valence-electron chi connectivity index (χ0n) is 18.1. The molecule has 0 bridgehead atoms. The Hall–Kier alpha value is -2.08. The van der Waals surface area contributed by atoms with Crippen LogP contribution in [0.15, 0.2) is 28.8 Å². The molecule has 0 amide bonds. The highest BCUT2D eigenvalue weighted by Gasteiger charge is 2.26. The van der Waals surface area contributed by atoms with Gasteiger partial charge >= 0.3 is 0 Å². The van der Waals surface area contributed by atoms with Crippen LogP contribution in [0.2, 0.25) is 0 Å². The molecule has 166 valence electrons. The van der Waals surface area contributed by atoms with Crippen LogP contribution in [0, 0.1) is 5.41 Å². The standard InChI is InChI=1S/C23H35N5O.ClH/c1-2-3-4-5-6-7-8-10-18-12-14-19(15-13-18)21-26-22(29-27-21)20-11-9-16-28(17-20)23(24)25;/h12-15,20H,2-11,16-17H2,1H3,(H3,24,25);1H/t20-;/m1./s1. The summed E-state index contributed by atoms with van der Waals surface area (Å²) >= 11 is 0. The minimum atomic E-state index is 0. The molecule has 1 aromatic carbocycles. The average Bonchev–Trinajstić information content (AvgIpc) is 3.24. The maximum Gasteiger partial charge on any atom is 0.231 e. The third-order valence-corrected chi connectivity index (χ3v) is 5.83. The number of nitrogens with zero attached hydrogens (tertiary/aromatic N) is 3. The van der Waals surface area contributed by atoms with Gasteiger partial charge in [0.05, 0.1) is 5.92 Å². The van der Waals surface area contributed by atoms with E-state index in [0.29, 0.717) is 18.3 Å². The van der Waals surface area contributed by atoms with Crippen molar-refractivity contribution in [1.82, 2.24) is 15.0 Å². The number of benzene rings is 1.